The SMILES string of the molecule is CCO[Si](CCC(F)(F)C(F)(F)CF)(OCC)OCC. The highest BCUT2D eigenvalue weighted by Gasteiger charge is 2.58. The predicted molar refractivity (Wildman–Crippen MR) is 65.9 cm³/mol. The van der Waals surface area contributed by atoms with Crippen LogP contribution >= 0.6 is 0 Å². The minimum Gasteiger partial charge on any atom is -0.374 e. The van der Waals surface area contributed by atoms with Crippen molar-refractivity contribution in [1.29, 1.82) is 0 Å². The second-order valence-electron chi connectivity index (χ2n) is 4.02. The maximum Gasteiger partial charge on any atom is 0.501 e. The Morgan fingerprint density at radius 3 is 1.50 bits per heavy atom. The summed E-state index contributed by atoms with van der Waals surface area (Å²) in [7, 11) is -3.43. The molecular formula is C11H21F5O3Si. The van der Waals surface area contributed by atoms with Crippen LogP contribution in [0.3, 0.4) is 0 Å². The van der Waals surface area contributed by atoms with Crippen molar-refractivity contribution in [3.8, 4) is 0 Å². The third-order valence-electron chi connectivity index (χ3n) is 2.54. The van der Waals surface area contributed by atoms with Crippen LogP contribution in [0.5, 0.6) is 0 Å². The minimum atomic E-state index is -4.70. The molecule has 0 saturated heterocycles. The average Bonchev–Trinajstić information content (AvgIpc) is 2.37. The van der Waals surface area contributed by atoms with Crippen LogP contribution in [0.2, 0.25) is 6.04 Å². The molecule has 0 aliphatic rings. The highest BCUT2D eigenvalue weighted by molar-refractivity contribution is 6.60. The number of alkyl halides is 5. The van der Waals surface area contributed by atoms with E-state index in [1.54, 1.807) is 20.8 Å². The zero-order valence-corrected chi connectivity index (χ0v) is 12.9. The first-order valence-electron chi connectivity index (χ1n) is 6.43. The first-order chi connectivity index (χ1) is 9.20. The van der Waals surface area contributed by atoms with Crippen molar-refractivity contribution >= 4 is 8.80 Å². The summed E-state index contributed by atoms with van der Waals surface area (Å²) < 4.78 is 80.1. The van der Waals surface area contributed by atoms with Crippen LogP contribution in [-0.2, 0) is 13.3 Å². The standard InChI is InChI=1S/C11H21F5O3Si/c1-4-17-20(18-5-2,19-6-3)8-7-10(13,14)11(15,16)9-12/h4-9H2,1-3H3. The lowest BCUT2D eigenvalue weighted by Gasteiger charge is -2.31. The van der Waals surface area contributed by atoms with E-state index in [9.17, 15) is 22.0 Å². The van der Waals surface area contributed by atoms with Crippen molar-refractivity contribution in [2.24, 2.45) is 0 Å². The summed E-state index contributed by atoms with van der Waals surface area (Å²) in [4.78, 5) is 0. The highest BCUT2D eigenvalue weighted by atomic mass is 28.4. The fraction of sp³-hybridized carbons (Fsp3) is 1.00. The second-order valence-corrected chi connectivity index (χ2v) is 6.76. The summed E-state index contributed by atoms with van der Waals surface area (Å²) in [5.41, 5.74) is 0. The van der Waals surface area contributed by atoms with Crippen molar-refractivity contribution in [2.45, 2.75) is 45.1 Å². The molecule has 0 aromatic rings. The monoisotopic (exact) mass is 324 g/mol. The van der Waals surface area contributed by atoms with Gasteiger partial charge in [-0.05, 0) is 20.8 Å². The lowest BCUT2D eigenvalue weighted by molar-refractivity contribution is -0.217. The molecule has 0 aliphatic carbocycles. The molecule has 0 rings (SSSR count). The van der Waals surface area contributed by atoms with E-state index in [-0.39, 0.29) is 19.8 Å². The maximum absolute atomic E-state index is 13.3. The maximum atomic E-state index is 13.3. The fourth-order valence-electron chi connectivity index (χ4n) is 1.59. The molecule has 20 heavy (non-hydrogen) atoms. The highest BCUT2D eigenvalue weighted by Crippen LogP contribution is 2.40. The van der Waals surface area contributed by atoms with Crippen LogP contribution in [0.4, 0.5) is 22.0 Å². The first kappa shape index (κ1) is 19.7. The second kappa shape index (κ2) is 8.25. The number of rotatable bonds is 11. The van der Waals surface area contributed by atoms with Crippen molar-refractivity contribution in [3.63, 3.8) is 0 Å². The lowest BCUT2D eigenvalue weighted by atomic mass is 10.1. The summed E-state index contributed by atoms with van der Waals surface area (Å²) in [6, 6.07) is -0.495. The van der Waals surface area contributed by atoms with Gasteiger partial charge < -0.3 is 13.3 Å². The topological polar surface area (TPSA) is 27.7 Å². The molecule has 0 heterocycles. The van der Waals surface area contributed by atoms with E-state index in [1.807, 2.05) is 0 Å². The Labute approximate surface area is 116 Å². The Bertz CT molecular complexity index is 262. The summed E-state index contributed by atoms with van der Waals surface area (Å²) in [6.45, 7) is 2.90. The smallest absolute Gasteiger partial charge is 0.374 e. The fourth-order valence-corrected chi connectivity index (χ4v) is 4.21. The van der Waals surface area contributed by atoms with Gasteiger partial charge in [-0.25, -0.2) is 4.39 Å². The Morgan fingerprint density at radius 2 is 1.20 bits per heavy atom. The Kier molecular flexibility index (Phi) is 8.15. The summed E-state index contributed by atoms with van der Waals surface area (Å²) in [5, 5.41) is 0. The van der Waals surface area contributed by atoms with E-state index in [4.69, 9.17) is 13.3 Å². The zero-order chi connectivity index (χ0) is 15.9. The first-order valence-corrected chi connectivity index (χ1v) is 8.37. The van der Waals surface area contributed by atoms with Crippen LogP contribution in [-0.4, -0.2) is 47.1 Å². The summed E-state index contributed by atoms with van der Waals surface area (Å²) >= 11 is 0. The summed E-state index contributed by atoms with van der Waals surface area (Å²) in [6.07, 6.45) is -1.25. The molecule has 0 bridgehead atoms. The third-order valence-corrected chi connectivity index (χ3v) is 5.59. The van der Waals surface area contributed by atoms with E-state index in [0.29, 0.717) is 0 Å². The molecule has 0 N–H and O–H groups in total. The Balaban J connectivity index is 4.90. The number of halogens is 5. The largest absolute Gasteiger partial charge is 0.501 e. The molecule has 0 radical (unpaired) electrons. The van der Waals surface area contributed by atoms with Gasteiger partial charge in [0.1, 0.15) is 0 Å². The van der Waals surface area contributed by atoms with Crippen molar-refractivity contribution in [1.82, 2.24) is 0 Å². The van der Waals surface area contributed by atoms with Gasteiger partial charge in [-0.1, -0.05) is 0 Å². The Hall–Kier alpha value is -0.253. The van der Waals surface area contributed by atoms with Crippen LogP contribution in [0.1, 0.15) is 27.2 Å². The number of hydrogen-bond acceptors (Lipinski definition) is 3. The van der Waals surface area contributed by atoms with Crippen LogP contribution in [0, 0.1) is 0 Å². The van der Waals surface area contributed by atoms with Crippen molar-refractivity contribution in [3.05, 3.63) is 0 Å². The predicted octanol–water partition coefficient (Wildman–Crippen LogP) is 3.67. The molecule has 0 atom stereocenters. The molecule has 0 aromatic heterocycles. The molecule has 0 amide bonds. The minimum absolute atomic E-state index is 0.150. The molecule has 0 aliphatic heterocycles. The van der Waals surface area contributed by atoms with Crippen LogP contribution in [0.15, 0.2) is 0 Å². The van der Waals surface area contributed by atoms with Crippen molar-refractivity contribution < 1.29 is 35.2 Å². The number of hydrogen-bond donors (Lipinski definition) is 0. The quantitative estimate of drug-likeness (QED) is 0.429. The Morgan fingerprint density at radius 1 is 0.800 bits per heavy atom. The van der Waals surface area contributed by atoms with Gasteiger partial charge in [0, 0.05) is 32.3 Å². The van der Waals surface area contributed by atoms with Gasteiger partial charge in [-0.3, -0.25) is 0 Å². The van der Waals surface area contributed by atoms with Gasteiger partial charge in [-0.15, -0.1) is 0 Å². The van der Waals surface area contributed by atoms with Gasteiger partial charge in [0.2, 0.25) is 0 Å². The van der Waals surface area contributed by atoms with Gasteiger partial charge >= 0.3 is 20.6 Å². The van der Waals surface area contributed by atoms with Gasteiger partial charge in [0.15, 0.2) is 6.67 Å². The molecule has 0 saturated carbocycles. The average molecular weight is 324 g/mol. The van der Waals surface area contributed by atoms with Gasteiger partial charge in [-0.2, -0.15) is 17.6 Å². The van der Waals surface area contributed by atoms with Gasteiger partial charge in [0.05, 0.1) is 0 Å². The van der Waals surface area contributed by atoms with E-state index < -0.39 is 39.8 Å². The lowest BCUT2D eigenvalue weighted by Crippen LogP contribution is -2.49. The van der Waals surface area contributed by atoms with E-state index in [0.717, 1.165) is 0 Å². The van der Waals surface area contributed by atoms with Gasteiger partial charge in [0.25, 0.3) is 0 Å². The summed E-state index contributed by atoms with van der Waals surface area (Å²) in [5.74, 6) is -9.16. The molecule has 0 aromatic carbocycles. The normalized spacial score (nSPS) is 13.8. The van der Waals surface area contributed by atoms with Crippen LogP contribution in [0.25, 0.3) is 0 Å². The van der Waals surface area contributed by atoms with E-state index in [2.05, 4.69) is 0 Å². The van der Waals surface area contributed by atoms with E-state index in [1.165, 1.54) is 0 Å². The molecule has 0 fully saturated rings. The molecule has 9 heteroatoms. The van der Waals surface area contributed by atoms with Crippen molar-refractivity contribution in [2.75, 3.05) is 26.5 Å². The molecule has 0 spiro atoms. The van der Waals surface area contributed by atoms with Crippen LogP contribution < -0.4 is 0 Å². The zero-order valence-electron chi connectivity index (χ0n) is 11.9. The molecular weight excluding hydrogens is 303 g/mol. The molecule has 122 valence electrons. The molecule has 0 unspecified atom stereocenters. The van der Waals surface area contributed by atoms with E-state index >= 15 is 0 Å². The third kappa shape index (κ3) is 5.26. The molecule has 3 nitrogen and oxygen atoms in total.